The van der Waals surface area contributed by atoms with Gasteiger partial charge in [-0.1, -0.05) is 42.1 Å². The van der Waals surface area contributed by atoms with Crippen LogP contribution in [-0.2, 0) is 4.79 Å². The van der Waals surface area contributed by atoms with Crippen LogP contribution in [0.25, 0.3) is 11.4 Å². The van der Waals surface area contributed by atoms with E-state index in [9.17, 15) is 4.79 Å². The Morgan fingerprint density at radius 3 is 2.62 bits per heavy atom. The van der Waals surface area contributed by atoms with Gasteiger partial charge in [-0.3, -0.25) is 9.89 Å². The first-order chi connectivity index (χ1) is 12.7. The molecule has 0 aliphatic rings. The van der Waals surface area contributed by atoms with Gasteiger partial charge >= 0.3 is 0 Å². The van der Waals surface area contributed by atoms with Gasteiger partial charge in [0.05, 0.1) is 18.9 Å². The standard InChI is InChI=1S/C19H20N4O2S/c1-13(14-6-4-3-5-7-14)20-17(24)12-26-19-21-18(22-23-19)15-8-10-16(25-2)11-9-15/h3-11,13H,12H2,1-2H3,(H,20,24)(H,21,22,23)/t13-/m0/s1. The lowest BCUT2D eigenvalue weighted by molar-refractivity contribution is -0.119. The number of methoxy groups -OCH3 is 1. The van der Waals surface area contributed by atoms with E-state index in [0.29, 0.717) is 11.0 Å². The number of thioether (sulfide) groups is 1. The summed E-state index contributed by atoms with van der Waals surface area (Å²) >= 11 is 1.30. The number of H-pyrrole nitrogens is 1. The van der Waals surface area contributed by atoms with Gasteiger partial charge in [0.25, 0.3) is 0 Å². The van der Waals surface area contributed by atoms with Crippen LogP contribution in [0, 0.1) is 0 Å². The third kappa shape index (κ3) is 4.64. The fourth-order valence-electron chi connectivity index (χ4n) is 2.43. The maximum Gasteiger partial charge on any atom is 0.230 e. The molecule has 7 heteroatoms. The number of benzene rings is 2. The molecule has 3 aromatic rings. The summed E-state index contributed by atoms with van der Waals surface area (Å²) in [7, 11) is 1.63. The highest BCUT2D eigenvalue weighted by molar-refractivity contribution is 7.99. The monoisotopic (exact) mass is 368 g/mol. The number of amides is 1. The van der Waals surface area contributed by atoms with E-state index < -0.39 is 0 Å². The average Bonchev–Trinajstić information content (AvgIpc) is 3.16. The second-order valence-corrected chi connectivity index (χ2v) is 6.63. The van der Waals surface area contributed by atoms with Crippen molar-refractivity contribution in [3.8, 4) is 17.1 Å². The van der Waals surface area contributed by atoms with Crippen molar-refractivity contribution >= 4 is 17.7 Å². The highest BCUT2D eigenvalue weighted by Crippen LogP contribution is 2.21. The molecule has 2 aromatic carbocycles. The van der Waals surface area contributed by atoms with Crippen molar-refractivity contribution in [1.29, 1.82) is 0 Å². The van der Waals surface area contributed by atoms with E-state index in [-0.39, 0.29) is 17.7 Å². The summed E-state index contributed by atoms with van der Waals surface area (Å²) in [5.41, 5.74) is 1.98. The Morgan fingerprint density at radius 2 is 1.92 bits per heavy atom. The number of carbonyl (C=O) groups excluding carboxylic acids is 1. The Kier molecular flexibility index (Phi) is 5.91. The van der Waals surface area contributed by atoms with E-state index in [1.54, 1.807) is 7.11 Å². The SMILES string of the molecule is COc1ccc(-c2nc(SCC(=O)N[C@@H](C)c3ccccc3)n[nH]2)cc1. The van der Waals surface area contributed by atoms with E-state index >= 15 is 0 Å². The highest BCUT2D eigenvalue weighted by atomic mass is 32.2. The zero-order valence-electron chi connectivity index (χ0n) is 14.6. The third-order valence-electron chi connectivity index (χ3n) is 3.84. The van der Waals surface area contributed by atoms with Gasteiger partial charge in [0.15, 0.2) is 5.82 Å². The Balaban J connectivity index is 1.53. The first-order valence-electron chi connectivity index (χ1n) is 8.19. The minimum atomic E-state index is -0.0536. The molecule has 1 atom stereocenters. The number of hydrogen-bond donors (Lipinski definition) is 2. The topological polar surface area (TPSA) is 79.9 Å². The lowest BCUT2D eigenvalue weighted by Crippen LogP contribution is -2.28. The zero-order valence-corrected chi connectivity index (χ0v) is 15.4. The van der Waals surface area contributed by atoms with E-state index in [4.69, 9.17) is 4.74 Å². The molecule has 0 saturated carbocycles. The molecular weight excluding hydrogens is 348 g/mol. The first kappa shape index (κ1) is 18.0. The fourth-order valence-corrected chi connectivity index (χ4v) is 3.04. The summed E-state index contributed by atoms with van der Waals surface area (Å²) in [6.45, 7) is 1.96. The maximum absolute atomic E-state index is 12.1. The molecule has 0 spiro atoms. The van der Waals surface area contributed by atoms with Crippen molar-refractivity contribution in [3.05, 3.63) is 60.2 Å². The number of aromatic amines is 1. The van der Waals surface area contributed by atoms with Gasteiger partial charge in [-0.25, -0.2) is 4.98 Å². The van der Waals surface area contributed by atoms with Gasteiger partial charge in [0, 0.05) is 5.56 Å². The number of carbonyl (C=O) groups is 1. The lowest BCUT2D eigenvalue weighted by atomic mass is 10.1. The maximum atomic E-state index is 12.1. The lowest BCUT2D eigenvalue weighted by Gasteiger charge is -2.13. The van der Waals surface area contributed by atoms with E-state index in [1.165, 1.54) is 11.8 Å². The summed E-state index contributed by atoms with van der Waals surface area (Å²) in [5.74, 6) is 1.65. The van der Waals surface area contributed by atoms with Crippen LogP contribution in [0.1, 0.15) is 18.5 Å². The number of nitrogens with zero attached hydrogens (tertiary/aromatic N) is 2. The van der Waals surface area contributed by atoms with Gasteiger partial charge in [-0.05, 0) is 36.8 Å². The largest absolute Gasteiger partial charge is 0.497 e. The molecule has 0 saturated heterocycles. The Bertz CT molecular complexity index is 849. The number of nitrogens with one attached hydrogen (secondary N) is 2. The minimum absolute atomic E-state index is 0.0358. The Hall–Kier alpha value is -2.80. The van der Waals surface area contributed by atoms with Crippen LogP contribution in [0.2, 0.25) is 0 Å². The second kappa shape index (κ2) is 8.53. The molecule has 134 valence electrons. The Labute approximate surface area is 156 Å². The van der Waals surface area contributed by atoms with Gasteiger partial charge in [-0.2, -0.15) is 0 Å². The van der Waals surface area contributed by atoms with Gasteiger partial charge in [0.1, 0.15) is 5.75 Å². The average molecular weight is 368 g/mol. The molecule has 0 fully saturated rings. The summed E-state index contributed by atoms with van der Waals surface area (Å²) in [6.07, 6.45) is 0. The van der Waals surface area contributed by atoms with Crippen molar-refractivity contribution in [2.45, 2.75) is 18.1 Å². The summed E-state index contributed by atoms with van der Waals surface area (Å²) in [4.78, 5) is 16.6. The molecule has 2 N–H and O–H groups in total. The van der Waals surface area contributed by atoms with Crippen LogP contribution in [0.15, 0.2) is 59.8 Å². The van der Waals surface area contributed by atoms with Crippen molar-refractivity contribution in [3.63, 3.8) is 0 Å². The fraction of sp³-hybridized carbons (Fsp3) is 0.211. The first-order valence-corrected chi connectivity index (χ1v) is 9.18. The molecule has 0 unspecified atom stereocenters. The predicted octanol–water partition coefficient (Wildman–Crippen LogP) is 3.45. The number of rotatable bonds is 7. The van der Waals surface area contributed by atoms with Gasteiger partial charge in [0.2, 0.25) is 11.1 Å². The normalized spacial score (nSPS) is 11.8. The van der Waals surface area contributed by atoms with Crippen molar-refractivity contribution in [2.75, 3.05) is 12.9 Å². The van der Waals surface area contributed by atoms with Crippen molar-refractivity contribution in [2.24, 2.45) is 0 Å². The van der Waals surface area contributed by atoms with Crippen molar-refractivity contribution < 1.29 is 9.53 Å². The zero-order chi connectivity index (χ0) is 18.4. The van der Waals surface area contributed by atoms with Gasteiger partial charge < -0.3 is 10.1 Å². The molecule has 0 bridgehead atoms. The molecule has 1 amide bonds. The predicted molar refractivity (Wildman–Crippen MR) is 102 cm³/mol. The Morgan fingerprint density at radius 1 is 1.19 bits per heavy atom. The van der Waals surface area contributed by atoms with Crippen LogP contribution < -0.4 is 10.1 Å². The number of ether oxygens (including phenoxy) is 1. The highest BCUT2D eigenvalue weighted by Gasteiger charge is 2.12. The third-order valence-corrected chi connectivity index (χ3v) is 4.69. The van der Waals surface area contributed by atoms with E-state index in [0.717, 1.165) is 16.9 Å². The molecule has 0 aliphatic heterocycles. The number of aromatic nitrogens is 3. The molecule has 3 rings (SSSR count). The summed E-state index contributed by atoms with van der Waals surface area (Å²) in [6, 6.07) is 17.4. The van der Waals surface area contributed by atoms with Crippen LogP contribution in [0.3, 0.4) is 0 Å². The molecule has 0 radical (unpaired) electrons. The van der Waals surface area contributed by atoms with Crippen molar-refractivity contribution in [1.82, 2.24) is 20.5 Å². The molecule has 6 nitrogen and oxygen atoms in total. The van der Waals surface area contributed by atoms with Gasteiger partial charge in [-0.15, -0.1) is 5.10 Å². The quantitative estimate of drug-likeness (QED) is 0.625. The van der Waals surface area contributed by atoms with Crippen LogP contribution in [0.5, 0.6) is 5.75 Å². The smallest absolute Gasteiger partial charge is 0.230 e. The van der Waals surface area contributed by atoms with Crippen LogP contribution >= 0.6 is 11.8 Å². The molecular formula is C19H20N4O2S. The number of hydrogen-bond acceptors (Lipinski definition) is 5. The summed E-state index contributed by atoms with van der Waals surface area (Å²) in [5, 5.41) is 10.6. The van der Waals surface area contributed by atoms with Crippen LogP contribution in [-0.4, -0.2) is 34.0 Å². The molecule has 0 aliphatic carbocycles. The van der Waals surface area contributed by atoms with Crippen LogP contribution in [0.4, 0.5) is 0 Å². The molecule has 1 heterocycles. The van der Waals surface area contributed by atoms with E-state index in [2.05, 4.69) is 20.5 Å². The molecule has 26 heavy (non-hydrogen) atoms. The van der Waals surface area contributed by atoms with E-state index in [1.807, 2.05) is 61.5 Å². The molecule has 1 aromatic heterocycles. The summed E-state index contributed by atoms with van der Waals surface area (Å²) < 4.78 is 5.14. The minimum Gasteiger partial charge on any atom is -0.497 e. The second-order valence-electron chi connectivity index (χ2n) is 5.68.